The van der Waals surface area contributed by atoms with Crippen molar-refractivity contribution in [3.63, 3.8) is 0 Å². The summed E-state index contributed by atoms with van der Waals surface area (Å²) in [4.78, 5) is 11.4. The van der Waals surface area contributed by atoms with Crippen molar-refractivity contribution >= 4 is 5.97 Å². The van der Waals surface area contributed by atoms with Crippen molar-refractivity contribution in [3.8, 4) is 0 Å². The summed E-state index contributed by atoms with van der Waals surface area (Å²) in [6.45, 7) is 1.15. The molecule has 26 heavy (non-hydrogen) atoms. The fraction of sp³-hybridized carbons (Fsp3) is 0.812. The molecule has 10 heteroatoms. The summed E-state index contributed by atoms with van der Waals surface area (Å²) in [5.41, 5.74) is 0.0343. The molecule has 0 bridgehead atoms. The SMILES string of the molecule is C[C@@H]1[C@H]2[C@H](O[C@@H]3OC(CO)[C@@H](O)[C@H](O)[C@H]3O)OC=C(C(=O)O)[C@H]2C[C@@H]1O. The molecular formula is C16H24O10. The maximum Gasteiger partial charge on any atom is 0.334 e. The summed E-state index contributed by atoms with van der Waals surface area (Å²) in [6.07, 6.45) is -7.71. The predicted molar refractivity (Wildman–Crippen MR) is 82.2 cm³/mol. The second-order valence-electron chi connectivity index (χ2n) is 7.06. The topological polar surface area (TPSA) is 166 Å². The normalized spacial score (nSPS) is 48.5. The van der Waals surface area contributed by atoms with Crippen molar-refractivity contribution in [2.75, 3.05) is 6.61 Å². The zero-order chi connectivity index (χ0) is 19.2. The number of hydrogen-bond acceptors (Lipinski definition) is 9. The summed E-state index contributed by atoms with van der Waals surface area (Å²) < 4.78 is 16.3. The van der Waals surface area contributed by atoms with Crippen LogP contribution in [0, 0.1) is 17.8 Å². The van der Waals surface area contributed by atoms with E-state index in [0.29, 0.717) is 0 Å². The molecule has 0 aromatic carbocycles. The molecular weight excluding hydrogens is 352 g/mol. The molecule has 0 amide bonds. The molecule has 0 aromatic heterocycles. The van der Waals surface area contributed by atoms with Gasteiger partial charge in [0.05, 0.1) is 24.5 Å². The molecule has 2 heterocycles. The maximum atomic E-state index is 11.4. The lowest BCUT2D eigenvalue weighted by atomic mass is 9.83. The Labute approximate surface area is 149 Å². The van der Waals surface area contributed by atoms with E-state index in [2.05, 4.69) is 0 Å². The van der Waals surface area contributed by atoms with E-state index in [0.717, 1.165) is 6.26 Å². The third-order valence-electron chi connectivity index (χ3n) is 5.58. The average molecular weight is 376 g/mol. The Morgan fingerprint density at radius 3 is 2.50 bits per heavy atom. The number of rotatable bonds is 4. The highest BCUT2D eigenvalue weighted by Crippen LogP contribution is 2.47. The van der Waals surface area contributed by atoms with E-state index >= 15 is 0 Å². The average Bonchev–Trinajstić information content (AvgIpc) is 2.90. The fourth-order valence-electron chi connectivity index (χ4n) is 3.99. The van der Waals surface area contributed by atoms with E-state index in [1.165, 1.54) is 0 Å². The van der Waals surface area contributed by atoms with Crippen molar-refractivity contribution in [2.24, 2.45) is 17.8 Å². The van der Waals surface area contributed by atoms with Crippen LogP contribution in [-0.2, 0) is 19.0 Å². The number of carboxylic acids is 1. The van der Waals surface area contributed by atoms with Crippen molar-refractivity contribution in [3.05, 3.63) is 11.8 Å². The van der Waals surface area contributed by atoms with Crippen LogP contribution < -0.4 is 0 Å². The minimum absolute atomic E-state index is 0.0343. The highest BCUT2D eigenvalue weighted by Gasteiger charge is 2.53. The van der Waals surface area contributed by atoms with E-state index in [4.69, 9.17) is 14.2 Å². The van der Waals surface area contributed by atoms with Crippen molar-refractivity contribution < 1.29 is 49.6 Å². The minimum atomic E-state index is -1.60. The van der Waals surface area contributed by atoms with Gasteiger partial charge in [0.2, 0.25) is 6.29 Å². The fourth-order valence-corrected chi connectivity index (χ4v) is 3.99. The zero-order valence-electron chi connectivity index (χ0n) is 14.1. The first kappa shape index (κ1) is 19.5. The van der Waals surface area contributed by atoms with Crippen LogP contribution in [0.1, 0.15) is 13.3 Å². The first-order valence-electron chi connectivity index (χ1n) is 8.49. The molecule has 1 unspecified atom stereocenters. The summed E-state index contributed by atoms with van der Waals surface area (Å²) in [6, 6.07) is 0. The maximum absolute atomic E-state index is 11.4. The van der Waals surface area contributed by atoms with Crippen LogP contribution in [0.25, 0.3) is 0 Å². The van der Waals surface area contributed by atoms with E-state index in [9.17, 15) is 35.4 Å². The van der Waals surface area contributed by atoms with Gasteiger partial charge in [-0.05, 0) is 12.3 Å². The second-order valence-corrected chi connectivity index (χ2v) is 7.06. The standard InChI is InChI=1S/C16H24O10/c1-5-8(18)2-6-7(14(22)23)4-24-15(10(5)6)26-16-13(21)12(20)11(19)9(3-17)25-16/h4-6,8-13,15-21H,2-3H2,1H3,(H,22,23)/t5-,6+,8-,9?,10+,11+,12-,13+,15-,16-/m0/s1. The number of fused-ring (bicyclic) bond motifs is 1. The Bertz CT molecular complexity index is 563. The van der Waals surface area contributed by atoms with Crippen LogP contribution in [-0.4, -0.2) is 86.3 Å². The zero-order valence-corrected chi connectivity index (χ0v) is 14.1. The highest BCUT2D eigenvalue weighted by molar-refractivity contribution is 5.87. The largest absolute Gasteiger partial charge is 0.478 e. The van der Waals surface area contributed by atoms with Gasteiger partial charge in [-0.2, -0.15) is 0 Å². The Balaban J connectivity index is 1.79. The molecule has 10 nitrogen and oxygen atoms in total. The smallest absolute Gasteiger partial charge is 0.334 e. The Hall–Kier alpha value is -1.27. The molecule has 148 valence electrons. The minimum Gasteiger partial charge on any atom is -0.478 e. The molecule has 2 fully saturated rings. The van der Waals surface area contributed by atoms with Gasteiger partial charge in [-0.3, -0.25) is 0 Å². The van der Waals surface area contributed by atoms with Gasteiger partial charge in [0.25, 0.3) is 0 Å². The van der Waals surface area contributed by atoms with Crippen LogP contribution in [0.2, 0.25) is 0 Å². The lowest BCUT2D eigenvalue weighted by Crippen LogP contribution is -2.60. The van der Waals surface area contributed by atoms with Crippen LogP contribution >= 0.6 is 0 Å². The molecule has 0 radical (unpaired) electrons. The van der Waals surface area contributed by atoms with Gasteiger partial charge in [0.1, 0.15) is 24.4 Å². The van der Waals surface area contributed by atoms with Crippen LogP contribution in [0.3, 0.4) is 0 Å². The number of carboxylic acid groups (broad SMARTS) is 1. The monoisotopic (exact) mass is 376 g/mol. The molecule has 0 aromatic rings. The first-order valence-corrected chi connectivity index (χ1v) is 8.49. The summed E-state index contributed by atoms with van der Waals surface area (Å²) in [7, 11) is 0. The third-order valence-corrected chi connectivity index (χ3v) is 5.58. The number of aliphatic hydroxyl groups excluding tert-OH is 5. The molecule has 3 aliphatic rings. The van der Waals surface area contributed by atoms with Gasteiger partial charge < -0.3 is 44.8 Å². The lowest BCUT2D eigenvalue weighted by Gasteiger charge is -2.43. The van der Waals surface area contributed by atoms with Gasteiger partial charge in [0, 0.05) is 11.8 Å². The second kappa shape index (κ2) is 7.39. The Morgan fingerprint density at radius 1 is 1.19 bits per heavy atom. The molecule has 1 aliphatic carbocycles. The van der Waals surface area contributed by atoms with Gasteiger partial charge in [-0.25, -0.2) is 4.79 Å². The van der Waals surface area contributed by atoms with E-state index in [-0.39, 0.29) is 17.9 Å². The number of carbonyl (C=O) groups is 1. The molecule has 0 spiro atoms. The van der Waals surface area contributed by atoms with E-state index < -0.39 is 67.5 Å². The Kier molecular flexibility index (Phi) is 5.54. The van der Waals surface area contributed by atoms with Crippen molar-refractivity contribution in [1.29, 1.82) is 0 Å². The quantitative estimate of drug-likeness (QED) is 0.316. The lowest BCUT2D eigenvalue weighted by molar-refractivity contribution is -0.342. The van der Waals surface area contributed by atoms with Crippen LogP contribution in [0.4, 0.5) is 0 Å². The van der Waals surface area contributed by atoms with Crippen LogP contribution in [0.15, 0.2) is 11.8 Å². The van der Waals surface area contributed by atoms with Gasteiger partial charge in [-0.15, -0.1) is 0 Å². The predicted octanol–water partition coefficient (Wildman–Crippen LogP) is -2.24. The molecule has 1 saturated heterocycles. The summed E-state index contributed by atoms with van der Waals surface area (Å²) in [5, 5.41) is 58.5. The number of hydrogen-bond donors (Lipinski definition) is 6. The summed E-state index contributed by atoms with van der Waals surface area (Å²) in [5.74, 6) is -2.49. The highest BCUT2D eigenvalue weighted by atomic mass is 16.8. The van der Waals surface area contributed by atoms with Gasteiger partial charge >= 0.3 is 5.97 Å². The molecule has 3 rings (SSSR count). The third kappa shape index (κ3) is 3.22. The van der Waals surface area contributed by atoms with Crippen molar-refractivity contribution in [2.45, 2.75) is 56.4 Å². The molecule has 10 atom stereocenters. The van der Waals surface area contributed by atoms with Crippen LogP contribution in [0.5, 0.6) is 0 Å². The molecule has 6 N–H and O–H groups in total. The number of aliphatic carboxylic acids is 1. The van der Waals surface area contributed by atoms with E-state index in [1.807, 2.05) is 0 Å². The Morgan fingerprint density at radius 2 is 1.88 bits per heavy atom. The number of aliphatic hydroxyl groups is 5. The molecule has 1 saturated carbocycles. The van der Waals surface area contributed by atoms with Gasteiger partial charge in [-0.1, -0.05) is 6.92 Å². The number of ether oxygens (including phenoxy) is 3. The first-order chi connectivity index (χ1) is 12.3. The van der Waals surface area contributed by atoms with E-state index in [1.54, 1.807) is 6.92 Å². The van der Waals surface area contributed by atoms with Gasteiger partial charge in [0.15, 0.2) is 6.29 Å². The van der Waals surface area contributed by atoms with Crippen molar-refractivity contribution in [1.82, 2.24) is 0 Å². The summed E-state index contributed by atoms with van der Waals surface area (Å²) >= 11 is 0. The molecule has 2 aliphatic heterocycles.